The Hall–Kier alpha value is -3.21. The largest absolute Gasteiger partial charge is 0.324 e. The lowest BCUT2D eigenvalue weighted by atomic mass is 10.1. The van der Waals surface area contributed by atoms with Crippen LogP contribution < -0.4 is 10.6 Å². The number of para-hydroxylation sites is 1. The van der Waals surface area contributed by atoms with E-state index in [1.807, 2.05) is 57.2 Å². The molecule has 0 fully saturated rings. The molecule has 3 aromatic rings. The average molecular weight is 332 g/mol. The summed E-state index contributed by atoms with van der Waals surface area (Å²) in [7, 11) is 0. The number of carbonyl (C=O) groups is 1. The van der Waals surface area contributed by atoms with Crippen LogP contribution in [0.5, 0.6) is 0 Å². The van der Waals surface area contributed by atoms with Gasteiger partial charge in [-0.05, 0) is 50.1 Å². The van der Waals surface area contributed by atoms with Crippen molar-refractivity contribution < 1.29 is 4.79 Å². The Morgan fingerprint density at radius 3 is 2.48 bits per heavy atom. The molecular formula is C20H20N4O. The molecule has 25 heavy (non-hydrogen) atoms. The maximum absolute atomic E-state index is 12.5. The van der Waals surface area contributed by atoms with Crippen LogP contribution in [0, 0.1) is 20.8 Å². The van der Waals surface area contributed by atoms with Gasteiger partial charge in [-0.1, -0.05) is 35.9 Å². The van der Waals surface area contributed by atoms with E-state index in [9.17, 15) is 4.79 Å². The van der Waals surface area contributed by atoms with Crippen LogP contribution >= 0.6 is 0 Å². The van der Waals surface area contributed by atoms with E-state index in [0.29, 0.717) is 11.6 Å². The van der Waals surface area contributed by atoms with E-state index in [2.05, 4.69) is 26.7 Å². The molecule has 5 heteroatoms. The number of benzene rings is 2. The Balaban J connectivity index is 1.79. The van der Waals surface area contributed by atoms with Gasteiger partial charge in [0.2, 0.25) is 5.95 Å². The minimum Gasteiger partial charge on any atom is -0.324 e. The van der Waals surface area contributed by atoms with Crippen LogP contribution in [0.4, 0.5) is 17.3 Å². The summed E-state index contributed by atoms with van der Waals surface area (Å²) in [6.07, 6.45) is 1.58. The van der Waals surface area contributed by atoms with Crippen molar-refractivity contribution in [3.63, 3.8) is 0 Å². The van der Waals surface area contributed by atoms with Crippen LogP contribution in [0.1, 0.15) is 27.2 Å². The number of aryl methyl sites for hydroxylation is 3. The van der Waals surface area contributed by atoms with Gasteiger partial charge in [0.05, 0.1) is 0 Å². The molecule has 0 aliphatic carbocycles. The van der Waals surface area contributed by atoms with Crippen LogP contribution in [0.2, 0.25) is 0 Å². The number of nitrogens with one attached hydrogen (secondary N) is 2. The first-order valence-electron chi connectivity index (χ1n) is 8.07. The Bertz CT molecular complexity index is 921. The van der Waals surface area contributed by atoms with E-state index in [-0.39, 0.29) is 5.91 Å². The lowest BCUT2D eigenvalue weighted by molar-refractivity contribution is 0.102. The third kappa shape index (κ3) is 4.01. The monoisotopic (exact) mass is 332 g/mol. The fourth-order valence-electron chi connectivity index (χ4n) is 2.52. The Labute approximate surface area is 147 Å². The molecule has 1 amide bonds. The molecule has 126 valence electrons. The first-order valence-corrected chi connectivity index (χ1v) is 8.07. The summed E-state index contributed by atoms with van der Waals surface area (Å²) < 4.78 is 0. The first-order chi connectivity index (χ1) is 12.0. The van der Waals surface area contributed by atoms with Crippen LogP contribution in [0.3, 0.4) is 0 Å². The zero-order valence-electron chi connectivity index (χ0n) is 14.5. The number of hydrogen-bond acceptors (Lipinski definition) is 4. The smallest absolute Gasteiger partial charge is 0.274 e. The Morgan fingerprint density at radius 2 is 1.72 bits per heavy atom. The molecule has 0 aliphatic heterocycles. The fraction of sp³-hybridized carbons (Fsp3) is 0.150. The third-order valence-corrected chi connectivity index (χ3v) is 3.91. The van der Waals surface area contributed by atoms with Crippen molar-refractivity contribution >= 4 is 23.2 Å². The molecular weight excluding hydrogens is 312 g/mol. The van der Waals surface area contributed by atoms with Gasteiger partial charge in [-0.25, -0.2) is 9.97 Å². The van der Waals surface area contributed by atoms with E-state index < -0.39 is 0 Å². The predicted octanol–water partition coefficient (Wildman–Crippen LogP) is 4.40. The standard InChI is InChI=1S/C20H20N4O/c1-13-8-9-17(15(3)12-13)23-20-21-11-10-18(24-20)19(25)22-16-7-5-4-6-14(16)2/h4-12H,1-3H3,(H,22,25)(H,21,23,24). The van der Waals surface area contributed by atoms with E-state index in [1.165, 1.54) is 5.56 Å². The zero-order valence-corrected chi connectivity index (χ0v) is 14.5. The van der Waals surface area contributed by atoms with Crippen LogP contribution in [0.15, 0.2) is 54.7 Å². The van der Waals surface area contributed by atoms with Gasteiger partial charge in [0.25, 0.3) is 5.91 Å². The van der Waals surface area contributed by atoms with E-state index in [1.54, 1.807) is 12.3 Å². The average Bonchev–Trinajstić information content (AvgIpc) is 2.60. The van der Waals surface area contributed by atoms with Crippen molar-refractivity contribution in [2.45, 2.75) is 20.8 Å². The second-order valence-electron chi connectivity index (χ2n) is 5.98. The van der Waals surface area contributed by atoms with Gasteiger partial charge in [-0.3, -0.25) is 4.79 Å². The number of nitrogens with zero attached hydrogens (tertiary/aromatic N) is 2. The molecule has 5 nitrogen and oxygen atoms in total. The summed E-state index contributed by atoms with van der Waals surface area (Å²) in [6.45, 7) is 6.01. The van der Waals surface area contributed by atoms with Crippen molar-refractivity contribution in [1.82, 2.24) is 9.97 Å². The molecule has 2 aromatic carbocycles. The summed E-state index contributed by atoms with van der Waals surface area (Å²) in [5, 5.41) is 6.05. The van der Waals surface area contributed by atoms with Crippen molar-refractivity contribution in [2.75, 3.05) is 10.6 Å². The van der Waals surface area contributed by atoms with Gasteiger partial charge in [0.15, 0.2) is 0 Å². The van der Waals surface area contributed by atoms with Gasteiger partial charge in [-0.2, -0.15) is 0 Å². The van der Waals surface area contributed by atoms with Crippen molar-refractivity contribution in [2.24, 2.45) is 0 Å². The van der Waals surface area contributed by atoms with Gasteiger partial charge >= 0.3 is 0 Å². The van der Waals surface area contributed by atoms with Gasteiger partial charge in [0.1, 0.15) is 5.69 Å². The molecule has 0 atom stereocenters. The summed E-state index contributed by atoms with van der Waals surface area (Å²) >= 11 is 0. The second-order valence-corrected chi connectivity index (χ2v) is 5.98. The van der Waals surface area contributed by atoms with Crippen molar-refractivity contribution in [3.8, 4) is 0 Å². The van der Waals surface area contributed by atoms with Gasteiger partial charge in [0, 0.05) is 17.6 Å². The van der Waals surface area contributed by atoms with E-state index in [4.69, 9.17) is 0 Å². The van der Waals surface area contributed by atoms with E-state index >= 15 is 0 Å². The lowest BCUT2D eigenvalue weighted by Crippen LogP contribution is -2.15. The minimum absolute atomic E-state index is 0.264. The lowest BCUT2D eigenvalue weighted by Gasteiger charge is -2.10. The molecule has 0 aliphatic rings. The highest BCUT2D eigenvalue weighted by Crippen LogP contribution is 2.20. The maximum atomic E-state index is 12.5. The van der Waals surface area contributed by atoms with E-state index in [0.717, 1.165) is 22.5 Å². The molecule has 0 unspecified atom stereocenters. The summed E-state index contributed by atoms with van der Waals surface area (Å²) in [6, 6.07) is 15.3. The third-order valence-electron chi connectivity index (χ3n) is 3.91. The van der Waals surface area contributed by atoms with Gasteiger partial charge in [-0.15, -0.1) is 0 Å². The molecule has 3 rings (SSSR count). The first kappa shape index (κ1) is 16.6. The normalized spacial score (nSPS) is 10.4. The molecule has 2 N–H and O–H groups in total. The molecule has 1 heterocycles. The molecule has 0 spiro atoms. The van der Waals surface area contributed by atoms with Crippen LogP contribution in [-0.2, 0) is 0 Å². The number of carbonyl (C=O) groups excluding carboxylic acids is 1. The van der Waals surface area contributed by atoms with Gasteiger partial charge < -0.3 is 10.6 Å². The number of anilines is 3. The number of amides is 1. The highest BCUT2D eigenvalue weighted by atomic mass is 16.1. The molecule has 0 bridgehead atoms. The minimum atomic E-state index is -0.264. The quantitative estimate of drug-likeness (QED) is 0.743. The summed E-state index contributed by atoms with van der Waals surface area (Å²) in [4.78, 5) is 21.0. The summed E-state index contributed by atoms with van der Waals surface area (Å²) in [5.74, 6) is 0.129. The topological polar surface area (TPSA) is 66.9 Å². The zero-order chi connectivity index (χ0) is 17.8. The Kier molecular flexibility index (Phi) is 4.75. The number of rotatable bonds is 4. The fourth-order valence-corrected chi connectivity index (χ4v) is 2.52. The molecule has 1 aromatic heterocycles. The highest BCUT2D eigenvalue weighted by molar-refractivity contribution is 6.03. The highest BCUT2D eigenvalue weighted by Gasteiger charge is 2.11. The predicted molar refractivity (Wildman–Crippen MR) is 100 cm³/mol. The molecule has 0 saturated carbocycles. The maximum Gasteiger partial charge on any atom is 0.274 e. The molecule has 0 radical (unpaired) electrons. The SMILES string of the molecule is Cc1ccc(Nc2nccc(C(=O)Nc3ccccc3C)n2)c(C)c1. The molecule has 0 saturated heterocycles. The van der Waals surface area contributed by atoms with Crippen molar-refractivity contribution in [3.05, 3.63) is 77.1 Å². The number of hydrogen-bond donors (Lipinski definition) is 2. The van der Waals surface area contributed by atoms with Crippen LogP contribution in [0.25, 0.3) is 0 Å². The number of aromatic nitrogens is 2. The summed E-state index contributed by atoms with van der Waals surface area (Å²) in [5.41, 5.74) is 5.29. The van der Waals surface area contributed by atoms with Crippen molar-refractivity contribution in [1.29, 1.82) is 0 Å². The second kappa shape index (κ2) is 7.13. The Morgan fingerprint density at radius 1 is 0.920 bits per heavy atom. The van der Waals surface area contributed by atoms with Crippen LogP contribution in [-0.4, -0.2) is 15.9 Å².